The molecule has 1 aliphatic heterocycles. The van der Waals surface area contributed by atoms with Gasteiger partial charge in [-0.05, 0) is 36.4 Å². The summed E-state index contributed by atoms with van der Waals surface area (Å²) in [5.74, 6) is 0.888. The van der Waals surface area contributed by atoms with Gasteiger partial charge in [0.25, 0.3) is 5.56 Å². The molecule has 0 atom stereocenters. The van der Waals surface area contributed by atoms with Gasteiger partial charge in [0, 0.05) is 18.0 Å². The highest BCUT2D eigenvalue weighted by molar-refractivity contribution is 7.99. The number of thiophene rings is 1. The molecule has 0 amide bonds. The number of hydrogen-bond acceptors (Lipinski definition) is 5. The summed E-state index contributed by atoms with van der Waals surface area (Å²) in [5, 5.41) is 1.62. The predicted octanol–water partition coefficient (Wildman–Crippen LogP) is 3.94. The van der Waals surface area contributed by atoms with E-state index in [-0.39, 0.29) is 5.56 Å². The average molecular weight is 372 g/mol. The molecule has 0 N–H and O–H groups in total. The first-order valence-electron chi connectivity index (χ1n) is 8.70. The first-order valence-corrected chi connectivity index (χ1v) is 10.5. The van der Waals surface area contributed by atoms with Crippen molar-refractivity contribution in [3.05, 3.63) is 51.1 Å². The number of nitrogens with zero attached hydrogens (tertiary/aromatic N) is 3. The van der Waals surface area contributed by atoms with Crippen molar-refractivity contribution in [2.75, 3.05) is 18.8 Å². The Kier molecular flexibility index (Phi) is 4.67. The molecule has 0 bridgehead atoms. The number of aromatic nitrogens is 2. The first kappa shape index (κ1) is 16.8. The number of thioether (sulfide) groups is 1. The molecule has 3 heterocycles. The number of para-hydroxylation sites is 1. The number of benzene rings is 1. The van der Waals surface area contributed by atoms with Gasteiger partial charge in [-0.2, -0.15) is 0 Å². The Morgan fingerprint density at radius 3 is 2.76 bits per heavy atom. The van der Waals surface area contributed by atoms with Gasteiger partial charge in [-0.1, -0.05) is 43.8 Å². The summed E-state index contributed by atoms with van der Waals surface area (Å²) in [6.45, 7) is 7.29. The largest absolute Gasteiger partial charge is 0.298 e. The van der Waals surface area contributed by atoms with Gasteiger partial charge in [0.2, 0.25) is 0 Å². The number of likely N-dealkylation sites (N-methyl/N-ethyl adjacent to an activating group) is 1. The van der Waals surface area contributed by atoms with Crippen molar-refractivity contribution in [3.63, 3.8) is 0 Å². The fourth-order valence-corrected chi connectivity index (χ4v) is 5.42. The van der Waals surface area contributed by atoms with Crippen LogP contribution in [0.15, 0.2) is 40.3 Å². The lowest BCUT2D eigenvalue weighted by atomic mass is 10.1. The molecule has 130 valence electrons. The Balaban J connectivity index is 1.97. The smallest absolute Gasteiger partial charge is 0.267 e. The molecule has 25 heavy (non-hydrogen) atoms. The standard InChI is InChI=1S/C19H21N3OS2/c1-3-21-11-10-14-15(12-21)25-17-16(14)18(23)22(19(20-17)24-4-2)13-8-6-5-7-9-13/h5-9H,3-4,10-12H2,1-2H3. The van der Waals surface area contributed by atoms with Gasteiger partial charge < -0.3 is 0 Å². The second kappa shape index (κ2) is 6.94. The predicted molar refractivity (Wildman–Crippen MR) is 106 cm³/mol. The van der Waals surface area contributed by atoms with Crippen LogP contribution in [0, 0.1) is 0 Å². The van der Waals surface area contributed by atoms with Crippen molar-refractivity contribution < 1.29 is 0 Å². The minimum atomic E-state index is 0.0783. The minimum Gasteiger partial charge on any atom is -0.298 e. The summed E-state index contributed by atoms with van der Waals surface area (Å²) in [4.78, 5) is 22.9. The van der Waals surface area contributed by atoms with E-state index in [9.17, 15) is 4.79 Å². The summed E-state index contributed by atoms with van der Waals surface area (Å²) in [7, 11) is 0. The van der Waals surface area contributed by atoms with E-state index >= 15 is 0 Å². The van der Waals surface area contributed by atoms with Gasteiger partial charge >= 0.3 is 0 Å². The molecule has 0 saturated heterocycles. The van der Waals surface area contributed by atoms with E-state index in [2.05, 4.69) is 18.7 Å². The topological polar surface area (TPSA) is 38.1 Å². The second-order valence-corrected chi connectivity index (χ2v) is 8.42. The fraction of sp³-hybridized carbons (Fsp3) is 0.368. The molecular weight excluding hydrogens is 350 g/mol. The fourth-order valence-electron chi connectivity index (χ4n) is 3.38. The third kappa shape index (κ3) is 2.92. The molecule has 6 heteroatoms. The minimum absolute atomic E-state index is 0.0783. The summed E-state index contributed by atoms with van der Waals surface area (Å²) in [6, 6.07) is 9.86. The molecule has 4 rings (SSSR count). The lowest BCUT2D eigenvalue weighted by molar-refractivity contribution is 0.272. The Bertz CT molecular complexity index is 962. The zero-order valence-corrected chi connectivity index (χ0v) is 16.1. The van der Waals surface area contributed by atoms with E-state index in [1.165, 1.54) is 10.4 Å². The molecule has 1 aromatic carbocycles. The third-order valence-corrected chi connectivity index (χ3v) is 6.59. The molecule has 0 fully saturated rings. The van der Waals surface area contributed by atoms with Crippen LogP contribution in [0.1, 0.15) is 24.3 Å². The first-order chi connectivity index (χ1) is 12.2. The maximum Gasteiger partial charge on any atom is 0.267 e. The van der Waals surface area contributed by atoms with E-state index < -0.39 is 0 Å². The van der Waals surface area contributed by atoms with Gasteiger partial charge in [0.15, 0.2) is 5.16 Å². The average Bonchev–Trinajstić information content (AvgIpc) is 3.00. The molecule has 0 saturated carbocycles. The van der Waals surface area contributed by atoms with Crippen molar-refractivity contribution in [1.29, 1.82) is 0 Å². The quantitative estimate of drug-likeness (QED) is 0.514. The summed E-state index contributed by atoms with van der Waals surface area (Å²) in [6.07, 6.45) is 0.940. The monoisotopic (exact) mass is 371 g/mol. The van der Waals surface area contributed by atoms with E-state index in [0.29, 0.717) is 0 Å². The summed E-state index contributed by atoms with van der Waals surface area (Å²) >= 11 is 3.32. The molecule has 0 radical (unpaired) electrons. The summed E-state index contributed by atoms with van der Waals surface area (Å²) < 4.78 is 1.79. The van der Waals surface area contributed by atoms with Crippen molar-refractivity contribution in [2.45, 2.75) is 32.0 Å². The van der Waals surface area contributed by atoms with Crippen LogP contribution in [0.2, 0.25) is 0 Å². The molecular formula is C19H21N3OS2. The Labute approximate surface area is 155 Å². The molecule has 0 unspecified atom stereocenters. The van der Waals surface area contributed by atoms with E-state index in [0.717, 1.165) is 52.9 Å². The molecule has 0 aliphatic carbocycles. The number of fused-ring (bicyclic) bond motifs is 3. The van der Waals surface area contributed by atoms with E-state index in [1.54, 1.807) is 27.7 Å². The van der Waals surface area contributed by atoms with Crippen LogP contribution in [0.3, 0.4) is 0 Å². The zero-order chi connectivity index (χ0) is 17.4. The molecule has 2 aromatic heterocycles. The highest BCUT2D eigenvalue weighted by Gasteiger charge is 2.24. The third-order valence-electron chi connectivity index (χ3n) is 4.66. The van der Waals surface area contributed by atoms with Crippen molar-refractivity contribution >= 4 is 33.3 Å². The van der Waals surface area contributed by atoms with Crippen LogP contribution >= 0.6 is 23.1 Å². The second-order valence-electron chi connectivity index (χ2n) is 6.11. The molecule has 3 aromatic rings. The van der Waals surface area contributed by atoms with Crippen LogP contribution < -0.4 is 5.56 Å². The lowest BCUT2D eigenvalue weighted by Gasteiger charge is -2.25. The van der Waals surface area contributed by atoms with Gasteiger partial charge in [0.1, 0.15) is 4.83 Å². The van der Waals surface area contributed by atoms with Crippen LogP contribution in [0.5, 0.6) is 0 Å². The SMILES string of the molecule is CCSc1nc2sc3c(c2c(=O)n1-c1ccccc1)CCN(CC)C3. The Hall–Kier alpha value is -1.63. The lowest BCUT2D eigenvalue weighted by Crippen LogP contribution is -2.30. The van der Waals surface area contributed by atoms with Gasteiger partial charge in [-0.25, -0.2) is 4.98 Å². The van der Waals surface area contributed by atoms with Crippen molar-refractivity contribution in [2.24, 2.45) is 0 Å². The highest BCUT2D eigenvalue weighted by atomic mass is 32.2. The maximum absolute atomic E-state index is 13.4. The highest BCUT2D eigenvalue weighted by Crippen LogP contribution is 2.34. The van der Waals surface area contributed by atoms with Crippen molar-refractivity contribution in [1.82, 2.24) is 14.5 Å². The van der Waals surface area contributed by atoms with Gasteiger partial charge in [-0.15, -0.1) is 11.3 Å². The van der Waals surface area contributed by atoms with E-state index in [4.69, 9.17) is 4.98 Å². The summed E-state index contributed by atoms with van der Waals surface area (Å²) in [5.41, 5.74) is 2.19. The van der Waals surface area contributed by atoms with Crippen LogP contribution in [0.25, 0.3) is 15.9 Å². The van der Waals surface area contributed by atoms with Crippen molar-refractivity contribution in [3.8, 4) is 5.69 Å². The van der Waals surface area contributed by atoms with Crippen LogP contribution in [-0.2, 0) is 13.0 Å². The maximum atomic E-state index is 13.4. The molecule has 0 spiro atoms. The Morgan fingerprint density at radius 1 is 1.24 bits per heavy atom. The molecule has 4 nitrogen and oxygen atoms in total. The van der Waals surface area contributed by atoms with Gasteiger partial charge in [0.05, 0.1) is 11.1 Å². The number of hydrogen-bond donors (Lipinski definition) is 0. The molecule has 1 aliphatic rings. The van der Waals surface area contributed by atoms with E-state index in [1.807, 2.05) is 30.3 Å². The van der Waals surface area contributed by atoms with Crippen LogP contribution in [-0.4, -0.2) is 33.3 Å². The Morgan fingerprint density at radius 2 is 2.04 bits per heavy atom. The zero-order valence-electron chi connectivity index (χ0n) is 14.5. The van der Waals surface area contributed by atoms with Crippen LogP contribution in [0.4, 0.5) is 0 Å². The van der Waals surface area contributed by atoms with Gasteiger partial charge in [-0.3, -0.25) is 14.3 Å². The number of rotatable bonds is 4. The normalized spacial score (nSPS) is 14.8.